The van der Waals surface area contributed by atoms with Gasteiger partial charge in [-0.3, -0.25) is 5.43 Å². The zero-order valence-corrected chi connectivity index (χ0v) is 15.1. The van der Waals surface area contributed by atoms with Crippen molar-refractivity contribution in [1.29, 1.82) is 0 Å². The van der Waals surface area contributed by atoms with E-state index in [9.17, 15) is 5.11 Å². The molecule has 1 fully saturated rings. The molecule has 2 aromatic carbocycles. The maximum Gasteiger partial charge on any atom is 0.227 e. The van der Waals surface area contributed by atoms with Gasteiger partial charge in [0.15, 0.2) is 5.82 Å². The van der Waals surface area contributed by atoms with E-state index in [1.54, 1.807) is 12.3 Å². The van der Waals surface area contributed by atoms with Crippen molar-refractivity contribution in [3.8, 4) is 5.75 Å². The normalized spacial score (nSPS) is 14.8. The van der Waals surface area contributed by atoms with E-state index < -0.39 is 0 Å². The minimum absolute atomic E-state index is 0.187. The molecule has 4 rings (SSSR count). The smallest absolute Gasteiger partial charge is 0.227 e. The third-order valence-corrected chi connectivity index (χ3v) is 4.46. The third-order valence-electron chi connectivity index (χ3n) is 4.46. The van der Waals surface area contributed by atoms with Crippen LogP contribution in [0.1, 0.15) is 11.3 Å². The number of hydrogen-bond donors (Lipinski definition) is 2. The van der Waals surface area contributed by atoms with E-state index in [0.29, 0.717) is 30.5 Å². The zero-order valence-electron chi connectivity index (χ0n) is 15.1. The lowest BCUT2D eigenvalue weighted by Crippen LogP contribution is -2.37. The number of fused-ring (bicyclic) bond motifs is 1. The predicted octanol–water partition coefficient (Wildman–Crippen LogP) is 2.93. The lowest BCUT2D eigenvalue weighted by molar-refractivity contribution is 0.122. The molecule has 7 heteroatoms. The Labute approximate surface area is 157 Å². The Balaban J connectivity index is 1.57. The van der Waals surface area contributed by atoms with Gasteiger partial charge in [0.25, 0.3) is 0 Å². The molecule has 0 unspecified atom stereocenters. The number of nitrogens with one attached hydrogen (secondary N) is 1. The largest absolute Gasteiger partial charge is 0.507 e. The molecule has 0 radical (unpaired) electrons. The van der Waals surface area contributed by atoms with Gasteiger partial charge in [0.2, 0.25) is 5.95 Å². The van der Waals surface area contributed by atoms with Gasteiger partial charge in [0.1, 0.15) is 5.75 Å². The van der Waals surface area contributed by atoms with Crippen molar-refractivity contribution in [1.82, 2.24) is 9.97 Å². The second-order valence-corrected chi connectivity index (χ2v) is 6.38. The van der Waals surface area contributed by atoms with Crippen LogP contribution < -0.4 is 10.3 Å². The summed E-state index contributed by atoms with van der Waals surface area (Å²) >= 11 is 0. The Bertz CT molecular complexity index is 983. The lowest BCUT2D eigenvalue weighted by atomic mass is 10.0. The number of aryl methyl sites for hydroxylation is 1. The molecule has 1 aliphatic rings. The number of phenolic OH excluding ortho intramolecular Hbond substituents is 1. The molecule has 1 aliphatic heterocycles. The molecule has 0 saturated carbocycles. The van der Waals surface area contributed by atoms with Crippen LogP contribution in [0.4, 0.5) is 11.8 Å². The summed E-state index contributed by atoms with van der Waals surface area (Å²) in [4.78, 5) is 11.2. The molecule has 1 saturated heterocycles. The zero-order chi connectivity index (χ0) is 18.6. The fourth-order valence-electron chi connectivity index (χ4n) is 3.10. The summed E-state index contributed by atoms with van der Waals surface area (Å²) < 4.78 is 5.38. The van der Waals surface area contributed by atoms with Crippen molar-refractivity contribution >= 4 is 28.8 Å². The average molecular weight is 363 g/mol. The summed E-state index contributed by atoms with van der Waals surface area (Å²) in [5.74, 6) is 1.47. The topological polar surface area (TPSA) is 82.9 Å². The number of rotatable bonds is 4. The molecule has 0 aliphatic carbocycles. The van der Waals surface area contributed by atoms with Gasteiger partial charge in [0, 0.05) is 30.4 Å². The molecule has 0 atom stereocenters. The van der Waals surface area contributed by atoms with Crippen molar-refractivity contribution in [3.63, 3.8) is 0 Å². The summed E-state index contributed by atoms with van der Waals surface area (Å²) in [6.07, 6.45) is 1.61. The maximum atomic E-state index is 10.2. The Morgan fingerprint density at radius 1 is 1.15 bits per heavy atom. The van der Waals surface area contributed by atoms with Crippen molar-refractivity contribution in [3.05, 3.63) is 53.7 Å². The fraction of sp³-hybridized carbons (Fsp3) is 0.250. The maximum absolute atomic E-state index is 10.2. The van der Waals surface area contributed by atoms with Crippen molar-refractivity contribution in [2.45, 2.75) is 6.92 Å². The molecule has 0 bridgehead atoms. The minimum Gasteiger partial charge on any atom is -0.507 e. The predicted molar refractivity (Wildman–Crippen MR) is 107 cm³/mol. The van der Waals surface area contributed by atoms with E-state index in [1.165, 1.54) is 0 Å². The quantitative estimate of drug-likeness (QED) is 0.548. The number of morpholine rings is 1. The number of aromatic nitrogens is 2. The van der Waals surface area contributed by atoms with Gasteiger partial charge in [-0.15, -0.1) is 0 Å². The van der Waals surface area contributed by atoms with E-state index in [4.69, 9.17) is 4.74 Å². The number of anilines is 2. The molecule has 3 aromatic rings. The van der Waals surface area contributed by atoms with Gasteiger partial charge in [0.05, 0.1) is 19.4 Å². The molecule has 2 heterocycles. The number of ether oxygens (including phenoxy) is 1. The van der Waals surface area contributed by atoms with Crippen LogP contribution in [0.2, 0.25) is 0 Å². The molecular weight excluding hydrogens is 342 g/mol. The number of nitrogens with zero attached hydrogens (tertiary/aromatic N) is 4. The average Bonchev–Trinajstić information content (AvgIpc) is 2.70. The fourth-order valence-corrected chi connectivity index (χ4v) is 3.10. The van der Waals surface area contributed by atoms with Crippen LogP contribution in [0.3, 0.4) is 0 Å². The standard InChI is InChI=1S/C20H21N5O2/c1-14-12-19(23-20(22-14)25-8-10-27-11-9-25)24-21-13-17-16-5-3-2-4-15(16)6-7-18(17)26/h2-7,12-13,26H,8-11H2,1H3,(H,22,23,24). The Kier molecular flexibility index (Phi) is 4.84. The highest BCUT2D eigenvalue weighted by molar-refractivity contribution is 6.02. The highest BCUT2D eigenvalue weighted by atomic mass is 16.5. The number of hydrazone groups is 1. The molecule has 0 spiro atoms. The molecular formula is C20H21N5O2. The first-order valence-corrected chi connectivity index (χ1v) is 8.89. The first-order chi connectivity index (χ1) is 13.2. The van der Waals surface area contributed by atoms with E-state index in [2.05, 4.69) is 25.4 Å². The Morgan fingerprint density at radius 2 is 1.96 bits per heavy atom. The van der Waals surface area contributed by atoms with Crippen LogP contribution >= 0.6 is 0 Å². The van der Waals surface area contributed by atoms with Gasteiger partial charge in [-0.25, -0.2) is 4.98 Å². The SMILES string of the molecule is Cc1cc(NN=Cc2c(O)ccc3ccccc23)nc(N2CCOCC2)n1. The van der Waals surface area contributed by atoms with Crippen LogP contribution in [0, 0.1) is 6.92 Å². The second kappa shape index (κ2) is 7.59. The van der Waals surface area contributed by atoms with Gasteiger partial charge in [-0.05, 0) is 23.8 Å². The van der Waals surface area contributed by atoms with Crippen LogP contribution in [0.25, 0.3) is 10.8 Å². The monoisotopic (exact) mass is 363 g/mol. The van der Waals surface area contributed by atoms with Crippen LogP contribution in [0.5, 0.6) is 5.75 Å². The van der Waals surface area contributed by atoms with Crippen molar-refractivity contribution in [2.24, 2.45) is 5.10 Å². The van der Waals surface area contributed by atoms with Gasteiger partial charge < -0.3 is 14.7 Å². The van der Waals surface area contributed by atoms with Gasteiger partial charge in [-0.1, -0.05) is 30.3 Å². The molecule has 7 nitrogen and oxygen atoms in total. The van der Waals surface area contributed by atoms with Crippen molar-refractivity contribution in [2.75, 3.05) is 36.6 Å². The van der Waals surface area contributed by atoms with Gasteiger partial charge in [-0.2, -0.15) is 10.1 Å². The van der Waals surface area contributed by atoms with Crippen LogP contribution in [-0.4, -0.2) is 47.6 Å². The van der Waals surface area contributed by atoms with E-state index in [1.807, 2.05) is 43.3 Å². The van der Waals surface area contributed by atoms with Crippen LogP contribution in [0.15, 0.2) is 47.6 Å². The number of hydrogen-bond acceptors (Lipinski definition) is 7. The first-order valence-electron chi connectivity index (χ1n) is 8.89. The molecule has 1 aromatic heterocycles. The summed E-state index contributed by atoms with van der Waals surface area (Å²) in [5.41, 5.74) is 4.48. The van der Waals surface area contributed by atoms with E-state index >= 15 is 0 Å². The summed E-state index contributed by atoms with van der Waals surface area (Å²) in [5, 5.41) is 16.5. The second-order valence-electron chi connectivity index (χ2n) is 6.38. The minimum atomic E-state index is 0.187. The lowest BCUT2D eigenvalue weighted by Gasteiger charge is -2.27. The van der Waals surface area contributed by atoms with Crippen LogP contribution in [-0.2, 0) is 4.74 Å². The highest BCUT2D eigenvalue weighted by Gasteiger charge is 2.14. The number of benzene rings is 2. The highest BCUT2D eigenvalue weighted by Crippen LogP contribution is 2.25. The van der Waals surface area contributed by atoms with Crippen molar-refractivity contribution < 1.29 is 9.84 Å². The summed E-state index contributed by atoms with van der Waals surface area (Å²) in [6.45, 7) is 4.83. The molecule has 27 heavy (non-hydrogen) atoms. The molecule has 2 N–H and O–H groups in total. The van der Waals surface area contributed by atoms with E-state index in [-0.39, 0.29) is 5.75 Å². The summed E-state index contributed by atoms with van der Waals surface area (Å²) in [6, 6.07) is 13.3. The van der Waals surface area contributed by atoms with Gasteiger partial charge >= 0.3 is 0 Å². The first kappa shape index (κ1) is 17.2. The number of phenols is 1. The van der Waals surface area contributed by atoms with E-state index in [0.717, 1.165) is 29.6 Å². The Morgan fingerprint density at radius 3 is 2.81 bits per heavy atom. The molecule has 0 amide bonds. The molecule has 138 valence electrons. The Hall–Kier alpha value is -3.19. The number of aromatic hydroxyl groups is 1. The third kappa shape index (κ3) is 3.83. The summed E-state index contributed by atoms with van der Waals surface area (Å²) in [7, 11) is 0.